The van der Waals surface area contributed by atoms with Crippen molar-refractivity contribution < 1.29 is 27.2 Å². The molecule has 1 aliphatic rings. The normalized spacial score (nSPS) is 19.2. The first-order chi connectivity index (χ1) is 14.1. The summed E-state index contributed by atoms with van der Waals surface area (Å²) in [6.45, 7) is 3.56. The maximum atomic E-state index is 14.1. The molecule has 3 rings (SSSR count). The van der Waals surface area contributed by atoms with Gasteiger partial charge in [0.25, 0.3) is 5.91 Å². The molecule has 30 heavy (non-hydrogen) atoms. The Hall–Kier alpha value is -2.90. The molecular weight excluding hydrogens is 400 g/mol. The van der Waals surface area contributed by atoms with Crippen molar-refractivity contribution in [3.63, 3.8) is 0 Å². The lowest BCUT2D eigenvalue weighted by Crippen LogP contribution is -2.39. The van der Waals surface area contributed by atoms with Crippen LogP contribution in [0.4, 0.5) is 17.6 Å². The summed E-state index contributed by atoms with van der Waals surface area (Å²) in [6, 6.07) is 10.1. The highest BCUT2D eigenvalue weighted by Crippen LogP contribution is 2.37. The molecule has 0 aliphatic carbocycles. The van der Waals surface area contributed by atoms with Crippen molar-refractivity contribution in [2.75, 3.05) is 13.1 Å². The molecule has 4 nitrogen and oxygen atoms in total. The minimum Gasteiger partial charge on any atom is -0.354 e. The largest absolute Gasteiger partial charge is 0.416 e. The number of alkyl halides is 3. The van der Waals surface area contributed by atoms with Crippen LogP contribution in [0.25, 0.3) is 0 Å². The van der Waals surface area contributed by atoms with E-state index < -0.39 is 35.3 Å². The predicted molar refractivity (Wildman–Crippen MR) is 103 cm³/mol. The van der Waals surface area contributed by atoms with Crippen LogP contribution in [0.1, 0.15) is 41.3 Å². The van der Waals surface area contributed by atoms with E-state index in [1.165, 1.54) is 35.2 Å². The van der Waals surface area contributed by atoms with E-state index in [4.69, 9.17) is 0 Å². The van der Waals surface area contributed by atoms with Gasteiger partial charge in [-0.15, -0.1) is 0 Å². The van der Waals surface area contributed by atoms with Crippen molar-refractivity contribution in [1.29, 1.82) is 0 Å². The number of amides is 2. The van der Waals surface area contributed by atoms with E-state index >= 15 is 0 Å². The number of hydrogen-bond acceptors (Lipinski definition) is 2. The second-order valence-corrected chi connectivity index (χ2v) is 7.69. The van der Waals surface area contributed by atoms with E-state index in [0.717, 1.165) is 18.2 Å². The highest BCUT2D eigenvalue weighted by Gasteiger charge is 2.42. The smallest absolute Gasteiger partial charge is 0.354 e. The van der Waals surface area contributed by atoms with Crippen LogP contribution in [0.15, 0.2) is 48.5 Å². The van der Waals surface area contributed by atoms with Gasteiger partial charge in [0.15, 0.2) is 0 Å². The molecule has 0 radical (unpaired) electrons. The monoisotopic (exact) mass is 422 g/mol. The lowest BCUT2D eigenvalue weighted by molar-refractivity contribution is -0.137. The van der Waals surface area contributed by atoms with Gasteiger partial charge in [0.05, 0.1) is 17.0 Å². The van der Waals surface area contributed by atoms with E-state index in [0.29, 0.717) is 5.56 Å². The van der Waals surface area contributed by atoms with Gasteiger partial charge in [-0.1, -0.05) is 30.3 Å². The summed E-state index contributed by atoms with van der Waals surface area (Å²) in [5, 5.41) is 2.77. The maximum absolute atomic E-state index is 14.1. The summed E-state index contributed by atoms with van der Waals surface area (Å²) in [7, 11) is 0. The zero-order valence-electron chi connectivity index (χ0n) is 16.5. The van der Waals surface area contributed by atoms with Crippen LogP contribution in [0, 0.1) is 11.7 Å². The first-order valence-corrected chi connectivity index (χ1v) is 9.59. The number of halogens is 4. The molecule has 2 unspecified atom stereocenters. The SMILES string of the molecule is CC(C)NC(=O)C1CN(C(=O)c2ccccc2F)CC1c1cccc(C(F)(F)F)c1. The first kappa shape index (κ1) is 21.8. The van der Waals surface area contributed by atoms with Gasteiger partial charge < -0.3 is 10.2 Å². The van der Waals surface area contributed by atoms with Gasteiger partial charge in [-0.05, 0) is 37.6 Å². The summed E-state index contributed by atoms with van der Waals surface area (Å²) in [5.74, 6) is -3.01. The zero-order valence-corrected chi connectivity index (χ0v) is 16.5. The number of nitrogens with zero attached hydrogens (tertiary/aromatic N) is 1. The van der Waals surface area contributed by atoms with E-state index in [9.17, 15) is 27.2 Å². The molecule has 2 aromatic carbocycles. The van der Waals surface area contributed by atoms with Crippen LogP contribution in [0.2, 0.25) is 0 Å². The summed E-state index contributed by atoms with van der Waals surface area (Å²) in [5.41, 5.74) is -0.635. The molecular formula is C22H22F4N2O2. The van der Waals surface area contributed by atoms with Gasteiger partial charge in [-0.2, -0.15) is 13.2 Å². The fourth-order valence-corrected chi connectivity index (χ4v) is 3.72. The molecule has 2 aromatic rings. The van der Waals surface area contributed by atoms with E-state index in [1.807, 2.05) is 0 Å². The third-order valence-electron chi connectivity index (χ3n) is 5.12. The average molecular weight is 422 g/mol. The highest BCUT2D eigenvalue weighted by atomic mass is 19.4. The lowest BCUT2D eigenvalue weighted by atomic mass is 9.87. The van der Waals surface area contributed by atoms with Crippen molar-refractivity contribution in [2.24, 2.45) is 5.92 Å². The van der Waals surface area contributed by atoms with Crippen LogP contribution in [0.3, 0.4) is 0 Å². The van der Waals surface area contributed by atoms with Crippen LogP contribution < -0.4 is 5.32 Å². The molecule has 160 valence electrons. The highest BCUT2D eigenvalue weighted by molar-refractivity contribution is 5.95. The van der Waals surface area contributed by atoms with Gasteiger partial charge >= 0.3 is 6.18 Å². The quantitative estimate of drug-likeness (QED) is 0.750. The molecule has 0 spiro atoms. The molecule has 0 aromatic heterocycles. The fraction of sp³-hybridized carbons (Fsp3) is 0.364. The Morgan fingerprint density at radius 3 is 2.40 bits per heavy atom. The van der Waals surface area contributed by atoms with Crippen molar-refractivity contribution in [3.8, 4) is 0 Å². The number of rotatable bonds is 4. The van der Waals surface area contributed by atoms with Crippen molar-refractivity contribution in [3.05, 3.63) is 71.0 Å². The van der Waals surface area contributed by atoms with Crippen molar-refractivity contribution in [1.82, 2.24) is 10.2 Å². The molecule has 1 aliphatic heterocycles. The number of benzene rings is 2. The molecule has 8 heteroatoms. The fourth-order valence-electron chi connectivity index (χ4n) is 3.72. The van der Waals surface area contributed by atoms with Gasteiger partial charge in [0.2, 0.25) is 5.91 Å². The van der Waals surface area contributed by atoms with Crippen LogP contribution in [0.5, 0.6) is 0 Å². The summed E-state index contributed by atoms with van der Waals surface area (Å²) >= 11 is 0. The minimum absolute atomic E-state index is 0.00731. The number of hydrogen-bond donors (Lipinski definition) is 1. The molecule has 2 atom stereocenters. The Labute approximate surface area is 171 Å². The number of carbonyl (C=O) groups is 2. The van der Waals surface area contributed by atoms with Crippen LogP contribution in [-0.2, 0) is 11.0 Å². The van der Waals surface area contributed by atoms with E-state index in [1.54, 1.807) is 13.8 Å². The maximum Gasteiger partial charge on any atom is 0.416 e. The van der Waals surface area contributed by atoms with E-state index in [2.05, 4.69) is 5.32 Å². The molecule has 2 amide bonds. The Balaban J connectivity index is 1.94. The van der Waals surface area contributed by atoms with Gasteiger partial charge in [-0.25, -0.2) is 4.39 Å². The Morgan fingerprint density at radius 1 is 1.07 bits per heavy atom. The molecule has 1 fully saturated rings. The summed E-state index contributed by atoms with van der Waals surface area (Å²) < 4.78 is 53.6. The zero-order chi connectivity index (χ0) is 22.1. The molecule has 1 heterocycles. The topological polar surface area (TPSA) is 49.4 Å². The number of nitrogens with one attached hydrogen (secondary N) is 1. The van der Waals surface area contributed by atoms with Crippen LogP contribution in [-0.4, -0.2) is 35.8 Å². The Kier molecular flexibility index (Phi) is 6.14. The average Bonchev–Trinajstić information content (AvgIpc) is 3.12. The van der Waals surface area contributed by atoms with Crippen LogP contribution >= 0.6 is 0 Å². The summed E-state index contributed by atoms with van der Waals surface area (Å²) in [6.07, 6.45) is -4.52. The Morgan fingerprint density at radius 2 is 1.77 bits per heavy atom. The third kappa shape index (κ3) is 4.63. The second-order valence-electron chi connectivity index (χ2n) is 7.69. The van der Waals surface area contributed by atoms with Crippen molar-refractivity contribution >= 4 is 11.8 Å². The number of carbonyl (C=O) groups excluding carboxylic acids is 2. The number of likely N-dealkylation sites (tertiary alicyclic amines) is 1. The first-order valence-electron chi connectivity index (χ1n) is 9.59. The summed E-state index contributed by atoms with van der Waals surface area (Å²) in [4.78, 5) is 26.9. The Bertz CT molecular complexity index is 943. The molecule has 1 saturated heterocycles. The van der Waals surface area contributed by atoms with Gasteiger partial charge in [0, 0.05) is 25.0 Å². The molecule has 0 bridgehead atoms. The standard InChI is InChI=1S/C22H22F4N2O2/c1-13(2)27-20(29)18-12-28(21(30)16-8-3-4-9-19(16)23)11-17(18)14-6-5-7-15(10-14)22(24,25)26/h3-10,13,17-18H,11-12H2,1-2H3,(H,27,29). The third-order valence-corrected chi connectivity index (χ3v) is 5.12. The second kappa shape index (κ2) is 8.45. The van der Waals surface area contributed by atoms with Crippen molar-refractivity contribution in [2.45, 2.75) is 32.0 Å². The van der Waals surface area contributed by atoms with E-state index in [-0.39, 0.29) is 30.6 Å². The van der Waals surface area contributed by atoms with Gasteiger partial charge in [0.1, 0.15) is 5.82 Å². The lowest BCUT2D eigenvalue weighted by Gasteiger charge is -2.20. The molecule has 1 N–H and O–H groups in total. The minimum atomic E-state index is -4.52. The molecule has 0 saturated carbocycles. The predicted octanol–water partition coefficient (Wildman–Crippen LogP) is 4.22. The van der Waals surface area contributed by atoms with Gasteiger partial charge in [-0.3, -0.25) is 9.59 Å².